The molecule has 206 valence electrons. The van der Waals surface area contributed by atoms with Gasteiger partial charge in [0.2, 0.25) is 10.0 Å². The molecule has 1 saturated heterocycles. The van der Waals surface area contributed by atoms with E-state index in [9.17, 15) is 18.0 Å². The number of rotatable bonds is 5. The fourth-order valence-electron chi connectivity index (χ4n) is 5.18. The van der Waals surface area contributed by atoms with Gasteiger partial charge in [-0.15, -0.1) is 11.3 Å². The second-order valence-electron chi connectivity index (χ2n) is 9.73. The molecule has 11 heteroatoms. The van der Waals surface area contributed by atoms with Gasteiger partial charge >= 0.3 is 5.97 Å². The van der Waals surface area contributed by atoms with Crippen LogP contribution in [0.25, 0.3) is 16.7 Å². The van der Waals surface area contributed by atoms with Crippen LogP contribution < -0.4 is 4.90 Å². The first-order chi connectivity index (χ1) is 18.5. The van der Waals surface area contributed by atoms with Crippen LogP contribution in [0.5, 0.6) is 0 Å². The molecule has 0 saturated carbocycles. The van der Waals surface area contributed by atoms with Crippen LogP contribution in [-0.2, 0) is 24.3 Å². The topological polar surface area (TPSA) is 98.2 Å². The number of morpholine rings is 1. The Morgan fingerprint density at radius 3 is 2.46 bits per heavy atom. The van der Waals surface area contributed by atoms with Gasteiger partial charge in [-0.25, -0.2) is 13.2 Å². The first-order valence-electron chi connectivity index (χ1n) is 12.6. The van der Waals surface area contributed by atoms with Crippen molar-refractivity contribution in [3.05, 3.63) is 62.8 Å². The number of methoxy groups -OCH3 is 1. The molecule has 1 fully saturated rings. The molecule has 2 aliphatic heterocycles. The highest BCUT2D eigenvalue weighted by molar-refractivity contribution is 7.89. The second-order valence-corrected chi connectivity index (χ2v) is 12.9. The first kappa shape index (κ1) is 27.3. The number of carbonyl (C=O) groups excluding carboxylic acids is 2. The number of thiophene rings is 1. The molecule has 39 heavy (non-hydrogen) atoms. The molecule has 3 aromatic rings. The predicted octanol–water partition coefficient (Wildman–Crippen LogP) is 4.10. The van der Waals surface area contributed by atoms with Gasteiger partial charge < -0.3 is 18.9 Å². The maximum absolute atomic E-state index is 13.3. The van der Waals surface area contributed by atoms with Crippen molar-refractivity contribution >= 4 is 50.6 Å². The van der Waals surface area contributed by atoms with Gasteiger partial charge in [0.05, 0.1) is 36.5 Å². The number of carbonyl (C=O) groups is 2. The standard InChI is InChI=1S/C28H31N3O6S2/c1-16-13-20(18(3)31(16)27-25(28(33)36-6)17(2)19(4)38-27)14-23-22-15-21(7-8-24(22)29(5)26(23)32)39(34,35)30-9-11-37-12-10-30/h7-8,13-15H,9-12H2,1-6H3/b23-14+. The third-order valence-corrected chi connectivity index (χ3v) is 10.6. The van der Waals surface area contributed by atoms with Crippen LogP contribution in [0, 0.1) is 27.7 Å². The minimum absolute atomic E-state index is 0.148. The summed E-state index contributed by atoms with van der Waals surface area (Å²) in [6.07, 6.45) is 1.81. The van der Waals surface area contributed by atoms with Gasteiger partial charge in [0.25, 0.3) is 5.91 Å². The Bertz CT molecular complexity index is 1640. The number of hydrogen-bond acceptors (Lipinski definition) is 7. The van der Waals surface area contributed by atoms with Crippen molar-refractivity contribution in [2.45, 2.75) is 32.6 Å². The largest absolute Gasteiger partial charge is 0.465 e. The number of anilines is 1. The zero-order valence-corrected chi connectivity index (χ0v) is 24.5. The third kappa shape index (κ3) is 4.43. The van der Waals surface area contributed by atoms with E-state index in [0.717, 1.165) is 32.4 Å². The number of esters is 1. The van der Waals surface area contributed by atoms with Crippen molar-refractivity contribution < 1.29 is 27.5 Å². The average molecular weight is 570 g/mol. The molecule has 0 spiro atoms. The molecule has 4 heterocycles. The number of amides is 1. The molecule has 0 bridgehead atoms. The fraction of sp³-hybridized carbons (Fsp3) is 0.357. The number of fused-ring (bicyclic) bond motifs is 1. The first-order valence-corrected chi connectivity index (χ1v) is 14.8. The molecule has 0 unspecified atom stereocenters. The summed E-state index contributed by atoms with van der Waals surface area (Å²) >= 11 is 1.52. The van der Waals surface area contributed by atoms with Crippen molar-refractivity contribution in [1.82, 2.24) is 8.87 Å². The second kappa shape index (κ2) is 10.1. The summed E-state index contributed by atoms with van der Waals surface area (Å²) in [4.78, 5) is 28.7. The van der Waals surface area contributed by atoms with Gasteiger partial charge in [-0.1, -0.05) is 0 Å². The molecule has 5 rings (SSSR count). The molecule has 0 radical (unpaired) electrons. The lowest BCUT2D eigenvalue weighted by Crippen LogP contribution is -2.40. The molecule has 2 aromatic heterocycles. The van der Waals surface area contributed by atoms with Gasteiger partial charge in [0.15, 0.2) is 0 Å². The van der Waals surface area contributed by atoms with E-state index in [1.165, 1.54) is 27.7 Å². The lowest BCUT2D eigenvalue weighted by molar-refractivity contribution is -0.112. The highest BCUT2D eigenvalue weighted by Gasteiger charge is 2.34. The van der Waals surface area contributed by atoms with E-state index in [-0.39, 0.29) is 10.8 Å². The van der Waals surface area contributed by atoms with Gasteiger partial charge in [-0.3, -0.25) is 4.79 Å². The number of likely N-dealkylation sites (N-methyl/N-ethyl adjacent to an activating group) is 1. The van der Waals surface area contributed by atoms with Crippen LogP contribution in [0.15, 0.2) is 29.2 Å². The van der Waals surface area contributed by atoms with Gasteiger partial charge in [-0.2, -0.15) is 4.31 Å². The highest BCUT2D eigenvalue weighted by atomic mass is 32.2. The Labute approximate surface area is 232 Å². The maximum Gasteiger partial charge on any atom is 0.341 e. The highest BCUT2D eigenvalue weighted by Crippen LogP contribution is 2.40. The SMILES string of the molecule is COC(=O)c1c(-n2c(C)cc(/C=C3/C(=O)N(C)c4ccc(S(=O)(=O)N5CCOCC5)cc43)c2C)sc(C)c1C. The van der Waals surface area contributed by atoms with E-state index >= 15 is 0 Å². The van der Waals surface area contributed by atoms with Crippen LogP contribution >= 0.6 is 11.3 Å². The fourth-order valence-corrected chi connectivity index (χ4v) is 7.87. The lowest BCUT2D eigenvalue weighted by atomic mass is 10.0. The van der Waals surface area contributed by atoms with Crippen LogP contribution in [0.4, 0.5) is 5.69 Å². The number of hydrogen-bond donors (Lipinski definition) is 0. The molecule has 0 atom stereocenters. The molecular weight excluding hydrogens is 538 g/mol. The molecule has 0 N–H and O–H groups in total. The van der Waals surface area contributed by atoms with Crippen molar-refractivity contribution in [2.75, 3.05) is 45.4 Å². The minimum atomic E-state index is -3.73. The molecular formula is C28H31N3O6S2. The Balaban J connectivity index is 1.61. The molecule has 9 nitrogen and oxygen atoms in total. The van der Waals surface area contributed by atoms with Gasteiger partial charge in [0, 0.05) is 47.5 Å². The molecule has 2 aliphatic rings. The number of aryl methyl sites for hydroxylation is 2. The normalized spacial score (nSPS) is 17.2. The summed E-state index contributed by atoms with van der Waals surface area (Å²) in [5.74, 6) is -0.608. The van der Waals surface area contributed by atoms with Gasteiger partial charge in [-0.05, 0) is 69.2 Å². The van der Waals surface area contributed by atoms with E-state index < -0.39 is 16.0 Å². The van der Waals surface area contributed by atoms with Crippen molar-refractivity contribution in [3.8, 4) is 5.00 Å². The van der Waals surface area contributed by atoms with E-state index in [0.29, 0.717) is 48.7 Å². The Morgan fingerprint density at radius 2 is 1.79 bits per heavy atom. The van der Waals surface area contributed by atoms with Crippen LogP contribution in [0.2, 0.25) is 0 Å². The summed E-state index contributed by atoms with van der Waals surface area (Å²) in [6, 6.07) is 6.80. The number of sulfonamides is 1. The maximum atomic E-state index is 13.3. The number of ether oxygens (including phenoxy) is 2. The average Bonchev–Trinajstić information content (AvgIpc) is 3.47. The van der Waals surface area contributed by atoms with Crippen molar-refractivity contribution in [2.24, 2.45) is 0 Å². The van der Waals surface area contributed by atoms with Crippen LogP contribution in [0.1, 0.15) is 43.3 Å². The van der Waals surface area contributed by atoms with Crippen molar-refractivity contribution in [1.29, 1.82) is 0 Å². The van der Waals surface area contributed by atoms with Gasteiger partial charge in [0.1, 0.15) is 5.00 Å². The molecule has 1 amide bonds. The quantitative estimate of drug-likeness (QED) is 0.339. The Kier molecular flexibility index (Phi) is 7.04. The van der Waals surface area contributed by atoms with Crippen LogP contribution in [0.3, 0.4) is 0 Å². The van der Waals surface area contributed by atoms with Crippen molar-refractivity contribution in [3.63, 3.8) is 0 Å². The predicted molar refractivity (Wildman–Crippen MR) is 151 cm³/mol. The van der Waals surface area contributed by atoms with E-state index in [1.807, 2.05) is 38.3 Å². The zero-order valence-electron chi connectivity index (χ0n) is 22.8. The van der Waals surface area contributed by atoms with E-state index in [4.69, 9.17) is 9.47 Å². The summed E-state index contributed by atoms with van der Waals surface area (Å²) in [5, 5.41) is 0.769. The number of benzene rings is 1. The number of nitrogens with zero attached hydrogens (tertiary/aromatic N) is 3. The number of aromatic nitrogens is 1. The summed E-state index contributed by atoms with van der Waals surface area (Å²) in [7, 11) is -0.675. The summed E-state index contributed by atoms with van der Waals surface area (Å²) in [5.41, 5.74) is 5.60. The van der Waals surface area contributed by atoms with Crippen LogP contribution in [-0.4, -0.2) is 69.6 Å². The molecule has 1 aromatic carbocycles. The Morgan fingerprint density at radius 1 is 1.10 bits per heavy atom. The smallest absolute Gasteiger partial charge is 0.341 e. The van der Waals surface area contributed by atoms with E-state index in [1.54, 1.807) is 31.3 Å². The third-order valence-electron chi connectivity index (χ3n) is 7.49. The Hall–Kier alpha value is -3.25. The monoisotopic (exact) mass is 569 g/mol. The minimum Gasteiger partial charge on any atom is -0.465 e. The molecule has 0 aliphatic carbocycles. The summed E-state index contributed by atoms with van der Waals surface area (Å²) < 4.78 is 40.5. The zero-order chi connectivity index (χ0) is 28.2. The summed E-state index contributed by atoms with van der Waals surface area (Å²) in [6.45, 7) is 9.06. The lowest BCUT2D eigenvalue weighted by Gasteiger charge is -2.26. The van der Waals surface area contributed by atoms with E-state index in [2.05, 4.69) is 0 Å².